The smallest absolute Gasteiger partial charge is 0.251 e. The molecule has 0 bridgehead atoms. The zero-order valence-corrected chi connectivity index (χ0v) is 21.1. The van der Waals surface area contributed by atoms with Crippen LogP contribution in [0.1, 0.15) is 53.6 Å². The Kier molecular flexibility index (Phi) is 8.03. The molecule has 0 saturated carbocycles. The summed E-state index contributed by atoms with van der Waals surface area (Å²) in [7, 11) is 0. The molecule has 0 saturated heterocycles. The van der Waals surface area contributed by atoms with Gasteiger partial charge in [0.1, 0.15) is 5.83 Å². The van der Waals surface area contributed by atoms with Crippen LogP contribution in [-0.2, 0) is 4.84 Å². The number of oxime groups is 1. The zero-order valence-electron chi connectivity index (χ0n) is 21.1. The summed E-state index contributed by atoms with van der Waals surface area (Å²) >= 11 is 0. The van der Waals surface area contributed by atoms with Crippen molar-refractivity contribution in [3.8, 4) is 11.3 Å². The predicted molar refractivity (Wildman–Crippen MR) is 144 cm³/mol. The van der Waals surface area contributed by atoms with Crippen LogP contribution in [0.4, 0.5) is 4.39 Å². The van der Waals surface area contributed by atoms with Gasteiger partial charge in [-0.05, 0) is 74.9 Å². The molecule has 0 unspecified atom stereocenters. The van der Waals surface area contributed by atoms with Crippen molar-refractivity contribution in [3.05, 3.63) is 120 Å². The maximum atomic E-state index is 13.4. The molecule has 1 N–H and O–H groups in total. The summed E-state index contributed by atoms with van der Waals surface area (Å²) in [5.41, 5.74) is 6.16. The minimum atomic E-state index is -0.440. The van der Waals surface area contributed by atoms with Crippen molar-refractivity contribution in [2.45, 2.75) is 39.3 Å². The Labute approximate surface area is 216 Å². The Hall–Kier alpha value is -4.39. The van der Waals surface area contributed by atoms with E-state index in [1.165, 1.54) is 6.08 Å². The lowest BCUT2D eigenvalue weighted by atomic mass is 9.96. The summed E-state index contributed by atoms with van der Waals surface area (Å²) in [5, 5.41) is 7.31. The number of carbonyl (C=O) groups excluding carboxylic acids is 1. The molecule has 2 aromatic heterocycles. The summed E-state index contributed by atoms with van der Waals surface area (Å²) in [6.07, 6.45) is 7.84. The Bertz CT molecular complexity index is 1380. The van der Waals surface area contributed by atoms with E-state index in [-0.39, 0.29) is 18.1 Å². The summed E-state index contributed by atoms with van der Waals surface area (Å²) in [6, 6.07) is 14.8. The number of aromatic nitrogens is 2. The van der Waals surface area contributed by atoms with Gasteiger partial charge in [0.15, 0.2) is 6.10 Å². The number of hydrogen-bond acceptors (Lipinski definition) is 5. The monoisotopic (exact) mass is 496 g/mol. The number of nitrogens with one attached hydrogen (secondary N) is 1. The molecule has 7 heteroatoms. The number of carbonyl (C=O) groups is 1. The summed E-state index contributed by atoms with van der Waals surface area (Å²) in [6.45, 7) is 9.06. The highest BCUT2D eigenvalue weighted by Crippen LogP contribution is 2.30. The molecule has 0 spiro atoms. The molecule has 6 nitrogen and oxygen atoms in total. The van der Waals surface area contributed by atoms with Gasteiger partial charge in [0.25, 0.3) is 5.91 Å². The fourth-order valence-corrected chi connectivity index (χ4v) is 3.80. The summed E-state index contributed by atoms with van der Waals surface area (Å²) in [4.78, 5) is 27.9. The fourth-order valence-electron chi connectivity index (χ4n) is 3.80. The van der Waals surface area contributed by atoms with Crippen molar-refractivity contribution in [2.24, 2.45) is 5.16 Å². The van der Waals surface area contributed by atoms with Crippen LogP contribution in [0.3, 0.4) is 0 Å². The third kappa shape index (κ3) is 6.44. The largest absolute Gasteiger partial charge is 0.385 e. The molecule has 0 aliphatic carbocycles. The third-order valence-corrected chi connectivity index (χ3v) is 6.15. The van der Waals surface area contributed by atoms with Crippen LogP contribution >= 0.6 is 0 Å². The second-order valence-corrected chi connectivity index (χ2v) is 8.97. The molecule has 1 aliphatic rings. The van der Waals surface area contributed by atoms with Gasteiger partial charge >= 0.3 is 0 Å². The second kappa shape index (κ2) is 11.6. The van der Waals surface area contributed by atoms with E-state index in [0.717, 1.165) is 45.4 Å². The SMILES string of the molecule is C=C/C(F)=C\C=C(/C)[C@@H](C)NC(=O)c1cc(C2=NO[C@H](c3ccccn3)C2)cc(-c2ccc(C)cn2)c1. The van der Waals surface area contributed by atoms with E-state index in [1.54, 1.807) is 24.5 Å². The maximum absolute atomic E-state index is 13.4. The van der Waals surface area contributed by atoms with Crippen molar-refractivity contribution in [2.75, 3.05) is 0 Å². The molecular formula is C30H29FN4O2. The van der Waals surface area contributed by atoms with E-state index in [0.29, 0.717) is 12.0 Å². The average molecular weight is 497 g/mol. The van der Waals surface area contributed by atoms with Gasteiger partial charge in [-0.15, -0.1) is 0 Å². The van der Waals surface area contributed by atoms with Crippen LogP contribution in [-0.4, -0.2) is 27.6 Å². The fraction of sp³-hybridized carbons (Fsp3) is 0.200. The number of hydrogen-bond donors (Lipinski definition) is 1. The van der Waals surface area contributed by atoms with Crippen molar-refractivity contribution in [3.63, 3.8) is 0 Å². The first-order valence-electron chi connectivity index (χ1n) is 12.0. The van der Waals surface area contributed by atoms with Gasteiger partial charge in [-0.1, -0.05) is 35.5 Å². The molecular weight excluding hydrogens is 467 g/mol. The van der Waals surface area contributed by atoms with Crippen LogP contribution in [0.25, 0.3) is 11.3 Å². The standard InChI is InChI=1S/C30H29FN4O2/c1-5-25(31)11-10-20(3)21(4)34-30(36)24-15-22(26-12-9-19(2)18-33-26)14-23(16-24)28-17-29(37-35-28)27-8-6-7-13-32-27/h5-16,18,21,29H,1,17H2,2-4H3,(H,34,36)/b20-10+,25-11+/t21-,29+/m1/s1. The number of pyridine rings is 2. The molecule has 2 atom stereocenters. The van der Waals surface area contributed by atoms with Crippen LogP contribution in [0.15, 0.2) is 102 Å². The van der Waals surface area contributed by atoms with E-state index < -0.39 is 5.83 Å². The van der Waals surface area contributed by atoms with Gasteiger partial charge in [0, 0.05) is 41.5 Å². The van der Waals surface area contributed by atoms with Crippen molar-refractivity contribution >= 4 is 11.6 Å². The Morgan fingerprint density at radius 1 is 1.16 bits per heavy atom. The molecule has 1 aromatic carbocycles. The lowest BCUT2D eigenvalue weighted by Gasteiger charge is -2.16. The molecule has 37 heavy (non-hydrogen) atoms. The van der Waals surface area contributed by atoms with Crippen molar-refractivity contribution in [1.29, 1.82) is 0 Å². The molecule has 0 radical (unpaired) electrons. The Morgan fingerprint density at radius 2 is 1.97 bits per heavy atom. The lowest BCUT2D eigenvalue weighted by molar-refractivity contribution is 0.0826. The van der Waals surface area contributed by atoms with E-state index >= 15 is 0 Å². The van der Waals surface area contributed by atoms with Crippen LogP contribution < -0.4 is 5.32 Å². The van der Waals surface area contributed by atoms with Gasteiger partial charge in [-0.25, -0.2) is 4.39 Å². The van der Waals surface area contributed by atoms with Gasteiger partial charge in [0.2, 0.25) is 0 Å². The number of rotatable bonds is 8. The number of amides is 1. The number of benzene rings is 1. The molecule has 0 fully saturated rings. The summed E-state index contributed by atoms with van der Waals surface area (Å²) in [5.74, 6) is -0.700. The molecule has 3 aromatic rings. The highest BCUT2D eigenvalue weighted by Gasteiger charge is 2.26. The summed E-state index contributed by atoms with van der Waals surface area (Å²) < 4.78 is 13.4. The molecule has 1 amide bonds. The highest BCUT2D eigenvalue weighted by molar-refractivity contribution is 6.05. The molecule has 4 rings (SSSR count). The highest BCUT2D eigenvalue weighted by atomic mass is 19.1. The zero-order chi connectivity index (χ0) is 26.4. The lowest BCUT2D eigenvalue weighted by Crippen LogP contribution is -2.33. The van der Waals surface area contributed by atoms with Crippen molar-refractivity contribution < 1.29 is 14.0 Å². The van der Waals surface area contributed by atoms with Crippen LogP contribution in [0.2, 0.25) is 0 Å². The minimum absolute atomic E-state index is 0.260. The Balaban J connectivity index is 1.63. The van der Waals surface area contributed by atoms with Gasteiger partial charge in [0.05, 0.1) is 17.1 Å². The van der Waals surface area contributed by atoms with Gasteiger partial charge in [-0.2, -0.15) is 0 Å². The van der Waals surface area contributed by atoms with E-state index in [4.69, 9.17) is 4.84 Å². The maximum Gasteiger partial charge on any atom is 0.251 e. The quantitative estimate of drug-likeness (QED) is 0.365. The number of aryl methyl sites for hydroxylation is 1. The minimum Gasteiger partial charge on any atom is -0.385 e. The van der Waals surface area contributed by atoms with E-state index in [9.17, 15) is 9.18 Å². The second-order valence-electron chi connectivity index (χ2n) is 8.97. The predicted octanol–water partition coefficient (Wildman–Crippen LogP) is 6.42. The number of nitrogens with zero attached hydrogens (tertiary/aromatic N) is 3. The molecule has 1 aliphatic heterocycles. The first-order valence-corrected chi connectivity index (χ1v) is 12.0. The number of halogens is 1. The first-order chi connectivity index (χ1) is 17.8. The third-order valence-electron chi connectivity index (χ3n) is 6.15. The average Bonchev–Trinajstić information content (AvgIpc) is 3.42. The first kappa shape index (κ1) is 25.7. The number of allylic oxidation sites excluding steroid dienone is 4. The normalized spacial score (nSPS) is 16.5. The van der Waals surface area contributed by atoms with E-state index in [2.05, 4.69) is 27.0 Å². The van der Waals surface area contributed by atoms with Crippen molar-refractivity contribution in [1.82, 2.24) is 15.3 Å². The van der Waals surface area contributed by atoms with Gasteiger partial charge in [-0.3, -0.25) is 14.8 Å². The Morgan fingerprint density at radius 3 is 2.68 bits per heavy atom. The topological polar surface area (TPSA) is 76.5 Å². The molecule has 188 valence electrons. The van der Waals surface area contributed by atoms with Crippen LogP contribution in [0.5, 0.6) is 0 Å². The van der Waals surface area contributed by atoms with E-state index in [1.807, 2.05) is 63.2 Å². The molecule has 3 heterocycles. The van der Waals surface area contributed by atoms with Crippen LogP contribution in [0, 0.1) is 6.92 Å². The van der Waals surface area contributed by atoms with Gasteiger partial charge < -0.3 is 10.2 Å².